The summed E-state index contributed by atoms with van der Waals surface area (Å²) in [7, 11) is 0. The van der Waals surface area contributed by atoms with Crippen LogP contribution in [0.3, 0.4) is 0 Å². The molecule has 1 aromatic carbocycles. The monoisotopic (exact) mass is 345 g/mol. The summed E-state index contributed by atoms with van der Waals surface area (Å²) in [6, 6.07) is 5.90. The van der Waals surface area contributed by atoms with E-state index < -0.39 is 5.54 Å². The van der Waals surface area contributed by atoms with Crippen LogP contribution < -0.4 is 10.6 Å². The minimum atomic E-state index is -0.992. The van der Waals surface area contributed by atoms with Crippen LogP contribution in [0.2, 0.25) is 0 Å². The van der Waals surface area contributed by atoms with Gasteiger partial charge in [0.25, 0.3) is 5.91 Å². The van der Waals surface area contributed by atoms with Crippen LogP contribution in [-0.4, -0.2) is 42.0 Å². The molecule has 0 aliphatic carbocycles. The topological polar surface area (TPSA) is 61.4 Å². The van der Waals surface area contributed by atoms with Crippen molar-refractivity contribution >= 4 is 11.9 Å². The fourth-order valence-corrected chi connectivity index (χ4v) is 3.89. The maximum atomic E-state index is 13.6. The van der Waals surface area contributed by atoms with Gasteiger partial charge in [0.05, 0.1) is 0 Å². The van der Waals surface area contributed by atoms with E-state index in [4.69, 9.17) is 0 Å². The molecule has 2 N–H and O–H groups in total. The van der Waals surface area contributed by atoms with Crippen molar-refractivity contribution in [2.45, 2.75) is 31.2 Å². The number of imide groups is 1. The molecule has 25 heavy (non-hydrogen) atoms. The summed E-state index contributed by atoms with van der Waals surface area (Å²) in [6.45, 7) is 5.60. The Hall–Kier alpha value is -2.21. The first kappa shape index (κ1) is 17.6. The summed E-state index contributed by atoms with van der Waals surface area (Å²) in [6.07, 6.45) is 4.16. The number of benzene rings is 1. The van der Waals surface area contributed by atoms with E-state index in [0.717, 1.165) is 31.5 Å². The minimum absolute atomic E-state index is 0.0298. The van der Waals surface area contributed by atoms with E-state index in [9.17, 15) is 14.0 Å². The maximum Gasteiger partial charge on any atom is 0.325 e. The highest BCUT2D eigenvalue weighted by molar-refractivity contribution is 6.07. The Kier molecular flexibility index (Phi) is 5.18. The van der Waals surface area contributed by atoms with Crippen LogP contribution in [0.25, 0.3) is 0 Å². The zero-order valence-corrected chi connectivity index (χ0v) is 14.3. The zero-order chi connectivity index (χ0) is 17.9. The number of halogens is 1. The Balaban J connectivity index is 1.93. The molecule has 2 aliphatic rings. The van der Waals surface area contributed by atoms with E-state index in [1.165, 1.54) is 17.0 Å². The standard InChI is InChI=1S/C19H24FN3O2/c1-2-3-11-23-17(24)19(22-18(23)25,15-7-9-21-10-8-15)13-14-5-4-6-16(20)12-14/h2,4-6,12,15,21H,1,3,7-11,13H2,(H,22,25). The Labute approximate surface area is 147 Å². The van der Waals surface area contributed by atoms with Crippen LogP contribution in [0.15, 0.2) is 36.9 Å². The van der Waals surface area contributed by atoms with Gasteiger partial charge in [-0.1, -0.05) is 18.2 Å². The summed E-state index contributed by atoms with van der Waals surface area (Å²) >= 11 is 0. The fourth-order valence-electron chi connectivity index (χ4n) is 3.89. The molecule has 0 spiro atoms. The first-order valence-corrected chi connectivity index (χ1v) is 8.77. The molecule has 0 bridgehead atoms. The lowest BCUT2D eigenvalue weighted by molar-refractivity contribution is -0.133. The van der Waals surface area contributed by atoms with Crippen molar-refractivity contribution in [3.05, 3.63) is 48.3 Å². The van der Waals surface area contributed by atoms with Crippen LogP contribution in [0.5, 0.6) is 0 Å². The highest BCUT2D eigenvalue weighted by atomic mass is 19.1. The van der Waals surface area contributed by atoms with Crippen LogP contribution >= 0.6 is 0 Å². The van der Waals surface area contributed by atoms with Gasteiger partial charge in [-0.3, -0.25) is 9.69 Å². The van der Waals surface area contributed by atoms with Crippen LogP contribution in [0, 0.1) is 11.7 Å². The molecular formula is C19H24FN3O2. The molecule has 2 aliphatic heterocycles. The molecule has 3 amide bonds. The summed E-state index contributed by atoms with van der Waals surface area (Å²) in [5, 5.41) is 6.26. The van der Waals surface area contributed by atoms with E-state index in [2.05, 4.69) is 17.2 Å². The van der Waals surface area contributed by atoms with Crippen molar-refractivity contribution in [1.82, 2.24) is 15.5 Å². The van der Waals surface area contributed by atoms with Gasteiger partial charge in [0, 0.05) is 13.0 Å². The molecule has 1 unspecified atom stereocenters. The molecule has 0 aromatic heterocycles. The molecule has 5 nitrogen and oxygen atoms in total. The van der Waals surface area contributed by atoms with Crippen molar-refractivity contribution in [1.29, 1.82) is 0 Å². The Bertz CT molecular complexity index is 672. The largest absolute Gasteiger partial charge is 0.325 e. The molecule has 1 aromatic rings. The number of carbonyl (C=O) groups excluding carboxylic acids is 2. The first-order chi connectivity index (χ1) is 12.1. The van der Waals surface area contributed by atoms with Gasteiger partial charge in [0.1, 0.15) is 11.4 Å². The lowest BCUT2D eigenvalue weighted by Crippen LogP contribution is -2.57. The summed E-state index contributed by atoms with van der Waals surface area (Å²) < 4.78 is 13.6. The molecule has 0 saturated carbocycles. The Morgan fingerprint density at radius 2 is 2.08 bits per heavy atom. The number of hydrogen-bond donors (Lipinski definition) is 2. The van der Waals surface area contributed by atoms with Crippen LogP contribution in [-0.2, 0) is 11.2 Å². The molecule has 1 atom stereocenters. The molecule has 3 rings (SSSR count). The van der Waals surface area contributed by atoms with Gasteiger partial charge in [0.2, 0.25) is 0 Å². The third-order valence-electron chi connectivity index (χ3n) is 5.17. The Morgan fingerprint density at radius 1 is 1.32 bits per heavy atom. The molecule has 2 saturated heterocycles. The van der Waals surface area contributed by atoms with Gasteiger partial charge in [0.15, 0.2) is 0 Å². The van der Waals surface area contributed by atoms with Gasteiger partial charge in [-0.2, -0.15) is 0 Å². The summed E-state index contributed by atoms with van der Waals surface area (Å²) in [5.41, 5.74) is -0.272. The second-order valence-electron chi connectivity index (χ2n) is 6.77. The molecule has 2 fully saturated rings. The number of nitrogens with zero attached hydrogens (tertiary/aromatic N) is 1. The molecule has 2 heterocycles. The van der Waals surface area contributed by atoms with Crippen LogP contribution in [0.4, 0.5) is 9.18 Å². The summed E-state index contributed by atoms with van der Waals surface area (Å²) in [4.78, 5) is 27.0. The minimum Gasteiger partial charge on any atom is -0.322 e. The summed E-state index contributed by atoms with van der Waals surface area (Å²) in [5.74, 6) is -0.504. The maximum absolute atomic E-state index is 13.6. The average Bonchev–Trinajstić information content (AvgIpc) is 2.85. The second kappa shape index (κ2) is 7.35. The van der Waals surface area contributed by atoms with Crippen molar-refractivity contribution < 1.29 is 14.0 Å². The highest BCUT2D eigenvalue weighted by Gasteiger charge is 2.55. The first-order valence-electron chi connectivity index (χ1n) is 8.77. The van der Waals surface area contributed by atoms with Crippen molar-refractivity contribution in [3.8, 4) is 0 Å². The SMILES string of the molecule is C=CCCN1C(=O)NC(Cc2cccc(F)c2)(C2CCNCC2)C1=O. The van der Waals surface area contributed by atoms with E-state index >= 15 is 0 Å². The van der Waals surface area contributed by atoms with Gasteiger partial charge < -0.3 is 10.6 Å². The van der Waals surface area contributed by atoms with Gasteiger partial charge in [-0.25, -0.2) is 9.18 Å². The second-order valence-corrected chi connectivity index (χ2v) is 6.77. The normalized spacial score (nSPS) is 24.4. The van der Waals surface area contributed by atoms with Gasteiger partial charge >= 0.3 is 6.03 Å². The number of rotatable bonds is 6. The molecule has 134 valence electrons. The predicted molar refractivity (Wildman–Crippen MR) is 93.5 cm³/mol. The number of hydrogen-bond acceptors (Lipinski definition) is 3. The van der Waals surface area contributed by atoms with E-state index in [1.54, 1.807) is 18.2 Å². The zero-order valence-electron chi connectivity index (χ0n) is 14.3. The number of carbonyl (C=O) groups is 2. The van der Waals surface area contributed by atoms with Crippen molar-refractivity contribution in [2.75, 3.05) is 19.6 Å². The molecule has 0 radical (unpaired) electrons. The third-order valence-corrected chi connectivity index (χ3v) is 5.17. The number of urea groups is 1. The molecule has 6 heteroatoms. The fraction of sp³-hybridized carbons (Fsp3) is 0.474. The van der Waals surface area contributed by atoms with E-state index in [0.29, 0.717) is 19.4 Å². The van der Waals surface area contributed by atoms with Gasteiger partial charge in [-0.15, -0.1) is 6.58 Å². The quantitative estimate of drug-likeness (QED) is 0.614. The van der Waals surface area contributed by atoms with Gasteiger partial charge in [-0.05, 0) is 56.0 Å². The predicted octanol–water partition coefficient (Wildman–Crippen LogP) is 2.23. The van der Waals surface area contributed by atoms with E-state index in [1.807, 2.05) is 0 Å². The lowest BCUT2D eigenvalue weighted by Gasteiger charge is -2.38. The lowest BCUT2D eigenvalue weighted by atomic mass is 9.74. The molecular weight excluding hydrogens is 321 g/mol. The number of nitrogens with one attached hydrogen (secondary N) is 2. The Morgan fingerprint density at radius 3 is 2.76 bits per heavy atom. The van der Waals surface area contributed by atoms with E-state index in [-0.39, 0.29) is 23.7 Å². The average molecular weight is 345 g/mol. The van der Waals surface area contributed by atoms with Crippen molar-refractivity contribution in [2.24, 2.45) is 5.92 Å². The van der Waals surface area contributed by atoms with Crippen LogP contribution in [0.1, 0.15) is 24.8 Å². The number of amides is 3. The third kappa shape index (κ3) is 3.44. The highest BCUT2D eigenvalue weighted by Crippen LogP contribution is 2.35. The van der Waals surface area contributed by atoms with Crippen molar-refractivity contribution in [3.63, 3.8) is 0 Å². The smallest absolute Gasteiger partial charge is 0.322 e. The number of piperidine rings is 1.